The van der Waals surface area contributed by atoms with Crippen molar-refractivity contribution in [3.05, 3.63) is 110 Å². The van der Waals surface area contributed by atoms with Gasteiger partial charge in [0.25, 0.3) is 0 Å². The Balaban J connectivity index is 1.73. The predicted molar refractivity (Wildman–Crippen MR) is 142 cm³/mol. The Bertz CT molecular complexity index is 1350. The first-order valence-electron chi connectivity index (χ1n) is 12.1. The molecule has 0 N–H and O–H groups in total. The molecule has 2 unspecified atom stereocenters. The zero-order valence-electron chi connectivity index (χ0n) is 19.9. The van der Waals surface area contributed by atoms with Gasteiger partial charge in [0.1, 0.15) is 0 Å². The van der Waals surface area contributed by atoms with E-state index in [0.29, 0.717) is 28.5 Å². The highest BCUT2D eigenvalue weighted by molar-refractivity contribution is 6.42. The van der Waals surface area contributed by atoms with Crippen molar-refractivity contribution in [2.75, 3.05) is 4.90 Å². The topological polar surface area (TPSA) is 37.4 Å². The summed E-state index contributed by atoms with van der Waals surface area (Å²) in [5.41, 5.74) is 6.39. The monoisotopic (exact) mass is 503 g/mol. The molecule has 5 rings (SSSR count). The number of aryl methyl sites for hydroxylation is 2. The minimum atomic E-state index is -0.404. The van der Waals surface area contributed by atoms with Crippen molar-refractivity contribution >= 4 is 40.6 Å². The number of benzene rings is 3. The highest BCUT2D eigenvalue weighted by Crippen LogP contribution is 2.49. The van der Waals surface area contributed by atoms with E-state index in [4.69, 9.17) is 23.2 Å². The lowest BCUT2D eigenvalue weighted by Crippen LogP contribution is -2.42. The van der Waals surface area contributed by atoms with Gasteiger partial charge in [-0.3, -0.25) is 14.5 Å². The molecule has 2 aliphatic rings. The van der Waals surface area contributed by atoms with Crippen LogP contribution in [-0.2, 0) is 16.0 Å². The number of allylic oxidation sites excluding steroid dienone is 2. The van der Waals surface area contributed by atoms with Crippen LogP contribution in [0.5, 0.6) is 0 Å². The highest BCUT2D eigenvalue weighted by Gasteiger charge is 2.43. The largest absolute Gasteiger partial charge is 0.294 e. The summed E-state index contributed by atoms with van der Waals surface area (Å²) in [6.07, 6.45) is 2.00. The molecule has 0 saturated heterocycles. The summed E-state index contributed by atoms with van der Waals surface area (Å²) in [5, 5.41) is 0.842. The molecule has 2 atom stereocenters. The Kier molecular flexibility index (Phi) is 6.57. The maximum absolute atomic E-state index is 13.9. The van der Waals surface area contributed by atoms with E-state index in [1.165, 1.54) is 0 Å². The van der Waals surface area contributed by atoms with E-state index < -0.39 is 5.92 Å². The molecule has 5 heteroatoms. The molecule has 0 bridgehead atoms. The van der Waals surface area contributed by atoms with Gasteiger partial charge in [0.05, 0.1) is 15.7 Å². The summed E-state index contributed by atoms with van der Waals surface area (Å²) in [7, 11) is 0. The van der Waals surface area contributed by atoms with Gasteiger partial charge in [-0.25, -0.2) is 0 Å². The van der Waals surface area contributed by atoms with Crippen LogP contribution in [0.15, 0.2) is 78.0 Å². The number of carbonyl (C=O) groups excluding carboxylic acids is 2. The molecule has 1 aliphatic carbocycles. The normalized spacial score (nSPS) is 20.3. The van der Waals surface area contributed by atoms with E-state index in [1.54, 1.807) is 6.07 Å². The summed E-state index contributed by atoms with van der Waals surface area (Å²) in [4.78, 5) is 29.6. The fourth-order valence-corrected chi connectivity index (χ4v) is 6.08. The Morgan fingerprint density at radius 1 is 0.886 bits per heavy atom. The predicted octanol–water partition coefficient (Wildman–Crippen LogP) is 7.79. The minimum Gasteiger partial charge on any atom is -0.294 e. The van der Waals surface area contributed by atoms with Crippen LogP contribution in [0.3, 0.4) is 0 Å². The van der Waals surface area contributed by atoms with E-state index in [2.05, 4.69) is 25.1 Å². The number of anilines is 1. The van der Waals surface area contributed by atoms with Crippen LogP contribution in [0.1, 0.15) is 60.3 Å². The smallest absolute Gasteiger partial charge is 0.232 e. The lowest BCUT2D eigenvalue weighted by molar-refractivity contribution is -0.120. The Morgan fingerprint density at radius 2 is 1.63 bits per heavy atom. The number of hydrogen-bond donors (Lipinski definition) is 0. The first kappa shape index (κ1) is 23.8. The van der Waals surface area contributed by atoms with Crippen molar-refractivity contribution < 1.29 is 9.59 Å². The summed E-state index contributed by atoms with van der Waals surface area (Å²) in [6, 6.07) is 21.7. The fourth-order valence-electron chi connectivity index (χ4n) is 5.64. The third-order valence-corrected chi connectivity index (χ3v) is 8.12. The molecule has 3 aromatic rings. The quantitative estimate of drug-likeness (QED) is 0.364. The number of carbonyl (C=O) groups is 2. The molecule has 0 spiro atoms. The molecule has 0 fully saturated rings. The van der Waals surface area contributed by atoms with Crippen LogP contribution >= 0.6 is 23.2 Å². The second-order valence-corrected chi connectivity index (χ2v) is 10.1. The van der Waals surface area contributed by atoms with Crippen molar-refractivity contribution in [3.63, 3.8) is 0 Å². The van der Waals surface area contributed by atoms with Crippen LogP contribution in [0.25, 0.3) is 0 Å². The molecule has 1 heterocycles. The molecule has 0 radical (unpaired) electrons. The Hall–Kier alpha value is -2.88. The van der Waals surface area contributed by atoms with Crippen LogP contribution in [0.2, 0.25) is 10.0 Å². The molecule has 3 nitrogen and oxygen atoms in total. The van der Waals surface area contributed by atoms with Crippen molar-refractivity contribution in [1.82, 2.24) is 0 Å². The second kappa shape index (κ2) is 9.64. The SMILES string of the molecule is CCc1cccc(C)c1N1C(=O)CC(c2cccc(Cl)c2Cl)C2=C1CC(c1ccccc1)CC2=O. The standard InChI is InChI=1S/C30H27Cl2NO2/c1-3-19-12-7-9-18(2)30(19)33-25-15-21(20-10-5-4-6-11-20)16-26(34)28(25)23(17-27(33)35)22-13-8-14-24(31)29(22)32/h4-14,21,23H,3,15-17H2,1-2H3. The number of rotatable bonds is 4. The third-order valence-electron chi connectivity index (χ3n) is 7.28. The zero-order chi connectivity index (χ0) is 24.7. The highest BCUT2D eigenvalue weighted by atomic mass is 35.5. The van der Waals surface area contributed by atoms with Crippen LogP contribution in [-0.4, -0.2) is 11.7 Å². The third kappa shape index (κ3) is 4.22. The van der Waals surface area contributed by atoms with Crippen LogP contribution < -0.4 is 4.90 Å². The number of amides is 1. The maximum Gasteiger partial charge on any atom is 0.232 e. The summed E-state index contributed by atoms with van der Waals surface area (Å²) >= 11 is 13.0. The van der Waals surface area contributed by atoms with E-state index in [0.717, 1.165) is 40.1 Å². The number of hydrogen-bond acceptors (Lipinski definition) is 2. The molecule has 3 aromatic carbocycles. The van der Waals surface area contributed by atoms with Gasteiger partial charge >= 0.3 is 0 Å². The van der Waals surface area contributed by atoms with Crippen molar-refractivity contribution in [3.8, 4) is 0 Å². The number of para-hydroxylation sites is 1. The van der Waals surface area contributed by atoms with Crippen LogP contribution in [0, 0.1) is 6.92 Å². The lowest BCUT2D eigenvalue weighted by atomic mass is 9.72. The van der Waals surface area contributed by atoms with Crippen molar-refractivity contribution in [1.29, 1.82) is 0 Å². The molecular weight excluding hydrogens is 477 g/mol. The van der Waals surface area contributed by atoms with Crippen molar-refractivity contribution in [2.24, 2.45) is 0 Å². The van der Waals surface area contributed by atoms with Gasteiger partial charge in [0.2, 0.25) is 5.91 Å². The van der Waals surface area contributed by atoms with E-state index >= 15 is 0 Å². The van der Waals surface area contributed by atoms with Crippen LogP contribution in [0.4, 0.5) is 5.69 Å². The molecular formula is C30H27Cl2NO2. The van der Waals surface area contributed by atoms with Gasteiger partial charge in [0.15, 0.2) is 5.78 Å². The number of ketones is 1. The average Bonchev–Trinajstić information content (AvgIpc) is 2.86. The Labute approximate surface area is 216 Å². The van der Waals surface area contributed by atoms with Gasteiger partial charge in [-0.15, -0.1) is 0 Å². The zero-order valence-corrected chi connectivity index (χ0v) is 21.4. The van der Waals surface area contributed by atoms with E-state index in [1.807, 2.05) is 54.3 Å². The first-order chi connectivity index (χ1) is 16.9. The molecule has 178 valence electrons. The minimum absolute atomic E-state index is 0.0143. The number of nitrogens with zero attached hydrogens (tertiary/aromatic N) is 1. The molecule has 1 amide bonds. The molecule has 35 heavy (non-hydrogen) atoms. The first-order valence-corrected chi connectivity index (χ1v) is 12.8. The van der Waals surface area contributed by atoms with Gasteiger partial charge < -0.3 is 0 Å². The maximum atomic E-state index is 13.9. The van der Waals surface area contributed by atoms with Crippen molar-refractivity contribution in [2.45, 2.75) is 51.4 Å². The second-order valence-electron chi connectivity index (χ2n) is 9.36. The van der Waals surface area contributed by atoms with Gasteiger partial charge in [-0.2, -0.15) is 0 Å². The molecule has 1 aliphatic heterocycles. The van der Waals surface area contributed by atoms with E-state index in [-0.39, 0.29) is 24.0 Å². The summed E-state index contributed by atoms with van der Waals surface area (Å²) in [6.45, 7) is 4.12. The van der Waals surface area contributed by atoms with Gasteiger partial charge in [0, 0.05) is 30.0 Å². The number of Topliss-reactive ketones (excluding diaryl/α,β-unsaturated/α-hetero) is 1. The Morgan fingerprint density at radius 3 is 2.37 bits per heavy atom. The summed E-state index contributed by atoms with van der Waals surface area (Å²) < 4.78 is 0. The van der Waals surface area contributed by atoms with Gasteiger partial charge in [-0.05, 0) is 54.0 Å². The lowest BCUT2D eigenvalue weighted by Gasteiger charge is -2.41. The van der Waals surface area contributed by atoms with E-state index in [9.17, 15) is 9.59 Å². The average molecular weight is 504 g/mol. The number of halogens is 2. The summed E-state index contributed by atoms with van der Waals surface area (Å²) in [5.74, 6) is -0.334. The molecule has 0 saturated carbocycles. The molecule has 0 aromatic heterocycles. The fraction of sp³-hybridized carbons (Fsp3) is 0.267. The van der Waals surface area contributed by atoms with Gasteiger partial charge in [-0.1, -0.05) is 90.8 Å².